The average molecular weight is 239 g/mol. The van der Waals surface area contributed by atoms with Crippen LogP contribution in [-0.2, 0) is 6.42 Å². The van der Waals surface area contributed by atoms with Gasteiger partial charge in [-0.15, -0.1) is 0 Å². The summed E-state index contributed by atoms with van der Waals surface area (Å²) in [5.74, 6) is 0. The summed E-state index contributed by atoms with van der Waals surface area (Å²) in [6.45, 7) is 0.624. The third-order valence-electron chi connectivity index (χ3n) is 1.77. The first-order chi connectivity index (χ1) is 6.16. The van der Waals surface area contributed by atoms with Crippen molar-refractivity contribution >= 4 is 34.8 Å². The minimum Gasteiger partial charge on any atom is -0.330 e. The van der Waals surface area contributed by atoms with Crippen LogP contribution in [0.15, 0.2) is 12.1 Å². The van der Waals surface area contributed by atoms with Gasteiger partial charge >= 0.3 is 0 Å². The molecule has 1 rings (SSSR count). The van der Waals surface area contributed by atoms with Gasteiger partial charge in [0.15, 0.2) is 0 Å². The van der Waals surface area contributed by atoms with E-state index in [2.05, 4.69) is 0 Å². The van der Waals surface area contributed by atoms with E-state index in [0.29, 0.717) is 21.6 Å². The molecule has 1 aromatic rings. The van der Waals surface area contributed by atoms with Crippen molar-refractivity contribution in [1.82, 2.24) is 0 Å². The fourth-order valence-corrected chi connectivity index (χ4v) is 1.81. The third kappa shape index (κ3) is 2.75. The Labute approximate surface area is 92.8 Å². The van der Waals surface area contributed by atoms with E-state index < -0.39 is 0 Å². The van der Waals surface area contributed by atoms with Crippen molar-refractivity contribution in [1.29, 1.82) is 0 Å². The lowest BCUT2D eigenvalue weighted by Gasteiger charge is -2.07. The molecule has 0 atom stereocenters. The maximum absolute atomic E-state index is 5.98. The summed E-state index contributed by atoms with van der Waals surface area (Å²) in [5, 5.41) is 1.74. The van der Waals surface area contributed by atoms with Gasteiger partial charge in [0.2, 0.25) is 0 Å². The van der Waals surface area contributed by atoms with Crippen LogP contribution in [0.5, 0.6) is 0 Å². The van der Waals surface area contributed by atoms with Crippen molar-refractivity contribution in [2.45, 2.75) is 12.8 Å². The van der Waals surface area contributed by atoms with Gasteiger partial charge in [-0.25, -0.2) is 0 Å². The van der Waals surface area contributed by atoms with Gasteiger partial charge in [0.1, 0.15) is 0 Å². The minimum absolute atomic E-state index is 0.540. The molecule has 0 aliphatic carbocycles. The van der Waals surface area contributed by atoms with Gasteiger partial charge < -0.3 is 5.73 Å². The number of halogens is 3. The van der Waals surface area contributed by atoms with Crippen LogP contribution in [0.1, 0.15) is 12.0 Å². The smallest absolute Gasteiger partial charge is 0.0639 e. The molecule has 72 valence electrons. The lowest BCUT2D eigenvalue weighted by Crippen LogP contribution is -2.01. The highest BCUT2D eigenvalue weighted by atomic mass is 35.5. The van der Waals surface area contributed by atoms with E-state index in [1.165, 1.54) is 0 Å². The van der Waals surface area contributed by atoms with E-state index in [4.69, 9.17) is 40.5 Å². The molecule has 0 aromatic heterocycles. The van der Waals surface area contributed by atoms with Crippen LogP contribution >= 0.6 is 34.8 Å². The molecule has 4 heteroatoms. The maximum atomic E-state index is 5.98. The molecule has 0 aliphatic rings. The highest BCUT2D eigenvalue weighted by Crippen LogP contribution is 2.31. The molecule has 1 nitrogen and oxygen atoms in total. The molecule has 0 heterocycles. The van der Waals surface area contributed by atoms with Crippen LogP contribution in [0.4, 0.5) is 0 Å². The number of nitrogens with two attached hydrogens (primary N) is 1. The summed E-state index contributed by atoms with van der Waals surface area (Å²) in [7, 11) is 0. The highest BCUT2D eigenvalue weighted by Gasteiger charge is 2.08. The Morgan fingerprint density at radius 3 is 2.31 bits per heavy atom. The molecule has 1 aromatic carbocycles. The lowest BCUT2D eigenvalue weighted by molar-refractivity contribution is 0.833. The van der Waals surface area contributed by atoms with Crippen LogP contribution in [0.2, 0.25) is 15.1 Å². The minimum atomic E-state index is 0.540. The van der Waals surface area contributed by atoms with Crippen LogP contribution in [-0.4, -0.2) is 6.54 Å². The normalized spacial score (nSPS) is 10.5. The zero-order valence-electron chi connectivity index (χ0n) is 6.99. The predicted molar refractivity (Wildman–Crippen MR) is 58.8 cm³/mol. The van der Waals surface area contributed by atoms with Crippen molar-refractivity contribution in [2.75, 3.05) is 6.54 Å². The van der Waals surface area contributed by atoms with Gasteiger partial charge in [-0.2, -0.15) is 0 Å². The average Bonchev–Trinajstić information content (AvgIpc) is 2.12. The standard InChI is InChI=1S/C9H10Cl3N/c10-7-3-4-8(11)9(12)6(7)2-1-5-13/h3-4H,1-2,5,13H2. The lowest BCUT2D eigenvalue weighted by atomic mass is 10.1. The summed E-state index contributed by atoms with van der Waals surface area (Å²) in [6.07, 6.45) is 1.63. The second-order valence-corrected chi connectivity index (χ2v) is 3.91. The summed E-state index contributed by atoms with van der Waals surface area (Å²) in [5.41, 5.74) is 6.29. The quantitative estimate of drug-likeness (QED) is 0.801. The maximum Gasteiger partial charge on any atom is 0.0639 e. The van der Waals surface area contributed by atoms with Crippen LogP contribution in [0, 0.1) is 0 Å². The summed E-state index contributed by atoms with van der Waals surface area (Å²) < 4.78 is 0. The fraction of sp³-hybridized carbons (Fsp3) is 0.333. The van der Waals surface area contributed by atoms with Crippen molar-refractivity contribution in [2.24, 2.45) is 5.73 Å². The topological polar surface area (TPSA) is 26.0 Å². The van der Waals surface area contributed by atoms with E-state index in [1.54, 1.807) is 12.1 Å². The Morgan fingerprint density at radius 1 is 1.08 bits per heavy atom. The van der Waals surface area contributed by atoms with E-state index >= 15 is 0 Å². The third-order valence-corrected chi connectivity index (χ3v) is 2.97. The van der Waals surface area contributed by atoms with Crippen molar-refractivity contribution in [3.05, 3.63) is 32.8 Å². The molecule has 0 amide bonds. The second-order valence-electron chi connectivity index (χ2n) is 2.71. The SMILES string of the molecule is NCCCc1c(Cl)ccc(Cl)c1Cl. The number of hydrogen-bond donors (Lipinski definition) is 1. The summed E-state index contributed by atoms with van der Waals surface area (Å²) >= 11 is 17.8. The fourth-order valence-electron chi connectivity index (χ4n) is 1.08. The molecule has 13 heavy (non-hydrogen) atoms. The monoisotopic (exact) mass is 237 g/mol. The van der Waals surface area contributed by atoms with E-state index in [9.17, 15) is 0 Å². The number of rotatable bonds is 3. The first kappa shape index (κ1) is 11.1. The predicted octanol–water partition coefficient (Wildman–Crippen LogP) is 3.54. The molecule has 0 aliphatic heterocycles. The molecule has 0 unspecified atom stereocenters. The molecule has 2 N–H and O–H groups in total. The Kier molecular flexibility index (Phi) is 4.33. The molecular weight excluding hydrogens is 228 g/mol. The van der Waals surface area contributed by atoms with Crippen LogP contribution < -0.4 is 5.73 Å². The first-order valence-corrected chi connectivity index (χ1v) is 5.12. The molecule has 0 saturated heterocycles. The zero-order valence-corrected chi connectivity index (χ0v) is 9.26. The zero-order chi connectivity index (χ0) is 9.84. The van der Waals surface area contributed by atoms with Crippen LogP contribution in [0.25, 0.3) is 0 Å². The Bertz CT molecular complexity index is 299. The molecule has 0 fully saturated rings. The Balaban J connectivity index is 2.96. The Hall–Kier alpha value is 0.0500. The van der Waals surface area contributed by atoms with Crippen molar-refractivity contribution < 1.29 is 0 Å². The van der Waals surface area contributed by atoms with Gasteiger partial charge in [-0.1, -0.05) is 34.8 Å². The van der Waals surface area contributed by atoms with Gasteiger partial charge in [0.05, 0.1) is 10.0 Å². The molecule has 0 saturated carbocycles. The summed E-state index contributed by atoms with van der Waals surface area (Å²) in [4.78, 5) is 0. The van der Waals surface area contributed by atoms with Crippen molar-refractivity contribution in [3.8, 4) is 0 Å². The van der Waals surface area contributed by atoms with Crippen molar-refractivity contribution in [3.63, 3.8) is 0 Å². The van der Waals surface area contributed by atoms with E-state index in [1.807, 2.05) is 0 Å². The van der Waals surface area contributed by atoms with Gasteiger partial charge in [-0.05, 0) is 37.1 Å². The highest BCUT2D eigenvalue weighted by molar-refractivity contribution is 6.44. The molecule has 0 spiro atoms. The van der Waals surface area contributed by atoms with Gasteiger partial charge in [-0.3, -0.25) is 0 Å². The second kappa shape index (κ2) is 5.06. The summed E-state index contributed by atoms with van der Waals surface area (Å²) in [6, 6.07) is 3.44. The number of hydrogen-bond acceptors (Lipinski definition) is 1. The molecule has 0 bridgehead atoms. The largest absolute Gasteiger partial charge is 0.330 e. The van der Waals surface area contributed by atoms with Gasteiger partial charge in [0, 0.05) is 5.02 Å². The molecular formula is C9H10Cl3N. The van der Waals surface area contributed by atoms with Crippen LogP contribution in [0.3, 0.4) is 0 Å². The number of benzene rings is 1. The Morgan fingerprint density at radius 2 is 1.69 bits per heavy atom. The van der Waals surface area contributed by atoms with Gasteiger partial charge in [0.25, 0.3) is 0 Å². The van der Waals surface area contributed by atoms with E-state index in [0.717, 1.165) is 18.4 Å². The first-order valence-electron chi connectivity index (χ1n) is 3.99. The van der Waals surface area contributed by atoms with E-state index in [-0.39, 0.29) is 0 Å². The molecule has 0 radical (unpaired) electrons.